The van der Waals surface area contributed by atoms with E-state index in [4.69, 9.17) is 0 Å². The highest BCUT2D eigenvalue weighted by atomic mass is 16.3. The molecule has 1 aromatic carbocycles. The third-order valence-corrected chi connectivity index (χ3v) is 3.02. The van der Waals surface area contributed by atoms with Gasteiger partial charge in [-0.2, -0.15) is 0 Å². The summed E-state index contributed by atoms with van der Waals surface area (Å²) < 4.78 is 0. The first-order valence-corrected chi connectivity index (χ1v) is 5.28. The molecule has 0 aliphatic carbocycles. The van der Waals surface area contributed by atoms with E-state index in [2.05, 4.69) is 17.9 Å². The van der Waals surface area contributed by atoms with Crippen molar-refractivity contribution in [2.45, 2.75) is 32.4 Å². The molecule has 0 spiro atoms. The number of benzene rings is 1. The van der Waals surface area contributed by atoms with Crippen molar-refractivity contribution in [3.63, 3.8) is 0 Å². The molecule has 1 heterocycles. The maximum atomic E-state index is 9.24. The molecule has 0 saturated carbocycles. The van der Waals surface area contributed by atoms with Crippen LogP contribution in [0.3, 0.4) is 0 Å². The Morgan fingerprint density at radius 2 is 2.21 bits per heavy atom. The van der Waals surface area contributed by atoms with Crippen LogP contribution in [0.2, 0.25) is 0 Å². The smallest absolute Gasteiger partial charge is 0.0702 e. The summed E-state index contributed by atoms with van der Waals surface area (Å²) in [5, 5.41) is 9.24. The molecule has 1 aromatic rings. The second kappa shape index (κ2) is 4.01. The van der Waals surface area contributed by atoms with Gasteiger partial charge in [0.1, 0.15) is 0 Å². The Morgan fingerprint density at radius 3 is 2.86 bits per heavy atom. The van der Waals surface area contributed by atoms with Gasteiger partial charge in [-0.15, -0.1) is 0 Å². The topological polar surface area (TPSA) is 23.5 Å². The van der Waals surface area contributed by atoms with Gasteiger partial charge in [-0.25, -0.2) is 0 Å². The largest absolute Gasteiger partial charge is 0.392 e. The van der Waals surface area contributed by atoms with Crippen molar-refractivity contribution in [2.75, 3.05) is 11.4 Å². The highest BCUT2D eigenvalue weighted by molar-refractivity contribution is 5.54. The molecule has 76 valence electrons. The lowest BCUT2D eigenvalue weighted by molar-refractivity contribution is 0.282. The Kier molecular flexibility index (Phi) is 2.73. The molecule has 2 nitrogen and oxygen atoms in total. The first-order chi connectivity index (χ1) is 6.83. The fourth-order valence-electron chi connectivity index (χ4n) is 2.22. The summed E-state index contributed by atoms with van der Waals surface area (Å²) in [6, 6.07) is 8.74. The van der Waals surface area contributed by atoms with Crippen molar-refractivity contribution in [3.05, 3.63) is 29.8 Å². The van der Waals surface area contributed by atoms with Crippen LogP contribution in [0.1, 0.15) is 25.3 Å². The second-order valence-electron chi connectivity index (χ2n) is 3.97. The minimum Gasteiger partial charge on any atom is -0.392 e. The summed E-state index contributed by atoms with van der Waals surface area (Å²) >= 11 is 0. The summed E-state index contributed by atoms with van der Waals surface area (Å²) in [6.07, 6.45) is 2.53. The lowest BCUT2D eigenvalue weighted by Gasteiger charge is -2.25. The highest BCUT2D eigenvalue weighted by Gasteiger charge is 2.21. The summed E-state index contributed by atoms with van der Waals surface area (Å²) in [5.74, 6) is 0. The number of para-hydroxylation sites is 1. The van der Waals surface area contributed by atoms with Crippen LogP contribution in [0.25, 0.3) is 0 Å². The molecule has 0 amide bonds. The average molecular weight is 191 g/mol. The van der Waals surface area contributed by atoms with Crippen LogP contribution >= 0.6 is 0 Å². The van der Waals surface area contributed by atoms with E-state index in [-0.39, 0.29) is 6.61 Å². The molecule has 14 heavy (non-hydrogen) atoms. The standard InChI is InChI=1S/C12H17NO/c1-10-5-4-8-13(10)12-7-3-2-6-11(12)9-14/h2-3,6-7,10,14H,4-5,8-9H2,1H3. The lowest BCUT2D eigenvalue weighted by Crippen LogP contribution is -2.27. The molecule has 1 saturated heterocycles. The van der Waals surface area contributed by atoms with Gasteiger partial charge in [-0.3, -0.25) is 0 Å². The molecule has 1 aliphatic rings. The molecule has 0 bridgehead atoms. The molecule has 0 radical (unpaired) electrons. The molecule has 2 rings (SSSR count). The number of hydrogen-bond donors (Lipinski definition) is 1. The average Bonchev–Trinajstić information content (AvgIpc) is 2.64. The molecule has 2 heteroatoms. The van der Waals surface area contributed by atoms with Gasteiger partial charge in [-0.05, 0) is 25.8 Å². The number of nitrogens with zero attached hydrogens (tertiary/aromatic N) is 1. The fourth-order valence-corrected chi connectivity index (χ4v) is 2.22. The molecule has 1 unspecified atom stereocenters. The summed E-state index contributed by atoms with van der Waals surface area (Å²) in [7, 11) is 0. The molecule has 1 aliphatic heterocycles. The van der Waals surface area contributed by atoms with Crippen molar-refractivity contribution in [1.82, 2.24) is 0 Å². The first kappa shape index (κ1) is 9.53. The van der Waals surface area contributed by atoms with E-state index in [1.807, 2.05) is 18.2 Å². The summed E-state index contributed by atoms with van der Waals surface area (Å²) in [5.41, 5.74) is 2.25. The quantitative estimate of drug-likeness (QED) is 0.774. The Labute approximate surface area is 85.2 Å². The Hall–Kier alpha value is -1.02. The number of aliphatic hydroxyl groups excluding tert-OH is 1. The van der Waals surface area contributed by atoms with Crippen LogP contribution in [0.4, 0.5) is 5.69 Å². The van der Waals surface area contributed by atoms with Gasteiger partial charge in [-0.1, -0.05) is 18.2 Å². The van der Waals surface area contributed by atoms with Gasteiger partial charge in [0.25, 0.3) is 0 Å². The van der Waals surface area contributed by atoms with E-state index in [9.17, 15) is 5.11 Å². The number of aliphatic hydroxyl groups is 1. The van der Waals surface area contributed by atoms with Crippen LogP contribution in [-0.4, -0.2) is 17.7 Å². The van der Waals surface area contributed by atoms with Gasteiger partial charge in [0.2, 0.25) is 0 Å². The van der Waals surface area contributed by atoms with Crippen LogP contribution in [0, 0.1) is 0 Å². The van der Waals surface area contributed by atoms with Crippen LogP contribution in [0.5, 0.6) is 0 Å². The summed E-state index contributed by atoms with van der Waals surface area (Å²) in [4.78, 5) is 2.39. The van der Waals surface area contributed by atoms with Crippen molar-refractivity contribution in [1.29, 1.82) is 0 Å². The highest BCUT2D eigenvalue weighted by Crippen LogP contribution is 2.28. The first-order valence-electron chi connectivity index (χ1n) is 5.28. The van der Waals surface area contributed by atoms with E-state index in [0.717, 1.165) is 12.1 Å². The monoisotopic (exact) mass is 191 g/mol. The SMILES string of the molecule is CC1CCCN1c1ccccc1CO. The zero-order chi connectivity index (χ0) is 9.97. The van der Waals surface area contributed by atoms with Gasteiger partial charge in [0.05, 0.1) is 6.61 Å². The summed E-state index contributed by atoms with van der Waals surface area (Å²) in [6.45, 7) is 3.51. The zero-order valence-corrected chi connectivity index (χ0v) is 8.61. The minimum absolute atomic E-state index is 0.138. The predicted octanol–water partition coefficient (Wildman–Crippen LogP) is 2.17. The van der Waals surface area contributed by atoms with E-state index >= 15 is 0 Å². The van der Waals surface area contributed by atoms with Gasteiger partial charge in [0, 0.05) is 23.8 Å². The van der Waals surface area contributed by atoms with Crippen molar-refractivity contribution < 1.29 is 5.11 Å². The zero-order valence-electron chi connectivity index (χ0n) is 8.61. The number of anilines is 1. The minimum atomic E-state index is 0.138. The predicted molar refractivity (Wildman–Crippen MR) is 58.4 cm³/mol. The van der Waals surface area contributed by atoms with Gasteiger partial charge >= 0.3 is 0 Å². The molecular formula is C12H17NO. The van der Waals surface area contributed by atoms with Crippen LogP contribution in [-0.2, 0) is 6.61 Å². The maximum Gasteiger partial charge on any atom is 0.0702 e. The Balaban J connectivity index is 2.30. The van der Waals surface area contributed by atoms with E-state index in [0.29, 0.717) is 6.04 Å². The fraction of sp³-hybridized carbons (Fsp3) is 0.500. The second-order valence-corrected chi connectivity index (χ2v) is 3.97. The van der Waals surface area contributed by atoms with Crippen LogP contribution < -0.4 is 4.90 Å². The maximum absolute atomic E-state index is 9.24. The number of rotatable bonds is 2. The van der Waals surface area contributed by atoms with Gasteiger partial charge < -0.3 is 10.0 Å². The molecular weight excluding hydrogens is 174 g/mol. The molecule has 1 N–H and O–H groups in total. The molecule has 1 atom stereocenters. The normalized spacial score (nSPS) is 21.6. The van der Waals surface area contributed by atoms with Crippen molar-refractivity contribution in [2.24, 2.45) is 0 Å². The molecule has 1 fully saturated rings. The van der Waals surface area contributed by atoms with E-state index in [1.54, 1.807) is 0 Å². The third kappa shape index (κ3) is 1.62. The Bertz CT molecular complexity index is 311. The van der Waals surface area contributed by atoms with Crippen LogP contribution in [0.15, 0.2) is 24.3 Å². The third-order valence-electron chi connectivity index (χ3n) is 3.02. The van der Waals surface area contributed by atoms with Crippen molar-refractivity contribution in [3.8, 4) is 0 Å². The van der Waals surface area contributed by atoms with E-state index < -0.39 is 0 Å². The van der Waals surface area contributed by atoms with Gasteiger partial charge in [0.15, 0.2) is 0 Å². The van der Waals surface area contributed by atoms with Crippen molar-refractivity contribution >= 4 is 5.69 Å². The lowest BCUT2D eigenvalue weighted by atomic mass is 10.1. The Morgan fingerprint density at radius 1 is 1.43 bits per heavy atom. The molecule has 0 aromatic heterocycles. The number of hydrogen-bond acceptors (Lipinski definition) is 2. The van der Waals surface area contributed by atoms with E-state index in [1.165, 1.54) is 18.5 Å².